The maximum Gasteiger partial charge on any atom is 0.251 e. The molecule has 12 heteroatoms. The Kier molecular flexibility index (Phi) is 7.72. The Labute approximate surface area is 214 Å². The van der Waals surface area contributed by atoms with Crippen LogP contribution >= 0.6 is 46.3 Å². The molecule has 0 aliphatic carbocycles. The number of aromatic nitrogens is 4. The summed E-state index contributed by atoms with van der Waals surface area (Å²) in [6.07, 6.45) is 0. The summed E-state index contributed by atoms with van der Waals surface area (Å²) in [4.78, 5) is 29.5. The molecule has 0 saturated heterocycles. The minimum absolute atomic E-state index is 0.151. The first-order valence-corrected chi connectivity index (χ1v) is 12.9. The average molecular weight is 535 g/mol. The van der Waals surface area contributed by atoms with Gasteiger partial charge in [0.1, 0.15) is 0 Å². The molecule has 0 spiro atoms. The van der Waals surface area contributed by atoms with Crippen LogP contribution in [-0.2, 0) is 11.3 Å². The molecule has 0 aliphatic heterocycles. The number of para-hydroxylation sites is 1. The molecule has 0 bridgehead atoms. The number of amides is 2. The van der Waals surface area contributed by atoms with Gasteiger partial charge in [-0.1, -0.05) is 58.4 Å². The second kappa shape index (κ2) is 10.7. The molecule has 0 radical (unpaired) electrons. The summed E-state index contributed by atoms with van der Waals surface area (Å²) in [5, 5.41) is 16.0. The number of carbonyl (C=O) groups is 2. The smallest absolute Gasteiger partial charge is 0.251 e. The fraction of sp³-hybridized carbons (Fsp3) is 0.227. The van der Waals surface area contributed by atoms with Crippen LogP contribution in [0.25, 0.3) is 10.2 Å². The van der Waals surface area contributed by atoms with Crippen molar-refractivity contribution < 1.29 is 9.59 Å². The van der Waals surface area contributed by atoms with Gasteiger partial charge in [-0.25, -0.2) is 4.98 Å². The summed E-state index contributed by atoms with van der Waals surface area (Å²) in [6, 6.07) is 12.0. The van der Waals surface area contributed by atoms with Crippen LogP contribution in [0.3, 0.4) is 0 Å². The average Bonchev–Trinajstić information content (AvgIpc) is 3.42. The summed E-state index contributed by atoms with van der Waals surface area (Å²) >= 11 is 14.6. The lowest BCUT2D eigenvalue weighted by Gasteiger charge is -2.15. The van der Waals surface area contributed by atoms with Crippen LogP contribution in [0.5, 0.6) is 0 Å². The quantitative estimate of drug-likeness (QED) is 0.292. The van der Waals surface area contributed by atoms with Crippen molar-refractivity contribution >= 4 is 73.5 Å². The Bertz CT molecular complexity index is 1320. The summed E-state index contributed by atoms with van der Waals surface area (Å²) in [6.45, 7) is 4.35. The molecule has 2 aromatic heterocycles. The number of halogens is 2. The number of benzene rings is 2. The Morgan fingerprint density at radius 2 is 1.94 bits per heavy atom. The SMILES string of the molecule is CCn1c(SCC(=O)Nc2nc3ccccc3s2)nnc1[C@H](C)NC(=O)c1ccc(Cl)c(Cl)c1. The van der Waals surface area contributed by atoms with Crippen LogP contribution < -0.4 is 10.6 Å². The van der Waals surface area contributed by atoms with E-state index < -0.39 is 6.04 Å². The van der Waals surface area contributed by atoms with Crippen molar-refractivity contribution in [1.29, 1.82) is 0 Å². The molecular formula is C22H20Cl2N6O2S2. The van der Waals surface area contributed by atoms with E-state index in [2.05, 4.69) is 25.8 Å². The van der Waals surface area contributed by atoms with E-state index in [4.69, 9.17) is 23.2 Å². The standard InChI is InChI=1S/C22H20Cl2N6O2S2/c1-3-30-19(12(2)25-20(32)13-8-9-14(23)15(24)10-13)28-29-22(30)33-11-18(31)27-21-26-16-6-4-5-7-17(16)34-21/h4-10,12H,3,11H2,1-2H3,(H,25,32)(H,26,27,31)/t12-/m0/s1. The zero-order valence-corrected chi connectivity index (χ0v) is 21.4. The van der Waals surface area contributed by atoms with Crippen LogP contribution in [0.2, 0.25) is 10.0 Å². The van der Waals surface area contributed by atoms with Crippen LogP contribution in [0.4, 0.5) is 5.13 Å². The normalized spacial score (nSPS) is 12.0. The zero-order chi connectivity index (χ0) is 24.2. The highest BCUT2D eigenvalue weighted by atomic mass is 35.5. The predicted molar refractivity (Wildman–Crippen MR) is 137 cm³/mol. The molecule has 34 heavy (non-hydrogen) atoms. The molecule has 2 heterocycles. The number of thioether (sulfide) groups is 1. The van der Waals surface area contributed by atoms with E-state index in [-0.39, 0.29) is 17.6 Å². The van der Waals surface area contributed by atoms with E-state index in [9.17, 15) is 9.59 Å². The van der Waals surface area contributed by atoms with Gasteiger partial charge in [0.25, 0.3) is 5.91 Å². The third-order valence-corrected chi connectivity index (χ3v) is 7.51. The number of anilines is 1. The van der Waals surface area contributed by atoms with Gasteiger partial charge in [0, 0.05) is 12.1 Å². The fourth-order valence-electron chi connectivity index (χ4n) is 3.22. The van der Waals surface area contributed by atoms with E-state index in [1.807, 2.05) is 42.7 Å². The number of hydrogen-bond acceptors (Lipinski definition) is 7. The number of nitrogens with zero attached hydrogens (tertiary/aromatic N) is 4. The van der Waals surface area contributed by atoms with Crippen molar-refractivity contribution in [2.24, 2.45) is 0 Å². The summed E-state index contributed by atoms with van der Waals surface area (Å²) in [7, 11) is 0. The van der Waals surface area contributed by atoms with E-state index in [1.54, 1.807) is 12.1 Å². The molecule has 2 aromatic carbocycles. The molecule has 0 saturated carbocycles. The first-order chi connectivity index (χ1) is 16.4. The van der Waals surface area contributed by atoms with Crippen molar-refractivity contribution in [3.63, 3.8) is 0 Å². The predicted octanol–water partition coefficient (Wildman–Crippen LogP) is 5.44. The van der Waals surface area contributed by atoms with E-state index >= 15 is 0 Å². The Morgan fingerprint density at radius 3 is 2.68 bits per heavy atom. The molecule has 8 nitrogen and oxygen atoms in total. The Hall–Kier alpha value is -2.66. The third-order valence-electron chi connectivity index (χ3n) is 4.85. The van der Waals surface area contributed by atoms with Crippen molar-refractivity contribution in [1.82, 2.24) is 25.1 Å². The molecule has 2 N–H and O–H groups in total. The van der Waals surface area contributed by atoms with Crippen LogP contribution in [0, 0.1) is 0 Å². The minimum Gasteiger partial charge on any atom is -0.342 e. The summed E-state index contributed by atoms with van der Waals surface area (Å²) in [5.74, 6) is 0.251. The number of nitrogens with one attached hydrogen (secondary N) is 2. The van der Waals surface area contributed by atoms with Crippen molar-refractivity contribution in [2.75, 3.05) is 11.1 Å². The van der Waals surface area contributed by atoms with E-state index in [0.717, 1.165) is 10.2 Å². The number of hydrogen-bond donors (Lipinski definition) is 2. The van der Waals surface area contributed by atoms with Crippen molar-refractivity contribution in [3.05, 3.63) is 63.9 Å². The van der Waals surface area contributed by atoms with Gasteiger partial charge < -0.3 is 15.2 Å². The van der Waals surface area contributed by atoms with Crippen LogP contribution in [0.1, 0.15) is 36.1 Å². The highest BCUT2D eigenvalue weighted by molar-refractivity contribution is 7.99. The lowest BCUT2D eigenvalue weighted by Crippen LogP contribution is -2.28. The molecular weight excluding hydrogens is 515 g/mol. The van der Waals surface area contributed by atoms with Crippen LogP contribution in [-0.4, -0.2) is 37.3 Å². The van der Waals surface area contributed by atoms with Gasteiger partial charge in [-0.3, -0.25) is 9.59 Å². The van der Waals surface area contributed by atoms with E-state index in [1.165, 1.54) is 29.2 Å². The maximum atomic E-state index is 12.6. The molecule has 1 atom stereocenters. The first kappa shape index (κ1) is 24.5. The number of thiazole rings is 1. The fourth-order valence-corrected chi connectivity index (χ4v) is 5.21. The third kappa shape index (κ3) is 5.52. The van der Waals surface area contributed by atoms with E-state index in [0.29, 0.717) is 38.3 Å². The van der Waals surface area contributed by atoms with Gasteiger partial charge in [-0.15, -0.1) is 10.2 Å². The Balaban J connectivity index is 1.38. The number of rotatable bonds is 8. The molecule has 4 rings (SSSR count). The first-order valence-electron chi connectivity index (χ1n) is 10.3. The summed E-state index contributed by atoms with van der Waals surface area (Å²) < 4.78 is 2.88. The maximum absolute atomic E-state index is 12.6. The Morgan fingerprint density at radius 1 is 1.15 bits per heavy atom. The van der Waals surface area contributed by atoms with Gasteiger partial charge >= 0.3 is 0 Å². The van der Waals surface area contributed by atoms with Gasteiger partial charge in [-0.2, -0.15) is 0 Å². The van der Waals surface area contributed by atoms with Gasteiger partial charge in [0.05, 0.1) is 32.1 Å². The monoisotopic (exact) mass is 534 g/mol. The second-order valence-electron chi connectivity index (χ2n) is 7.23. The topological polar surface area (TPSA) is 102 Å². The largest absolute Gasteiger partial charge is 0.342 e. The molecule has 0 aliphatic rings. The molecule has 0 unspecified atom stereocenters. The molecule has 2 amide bonds. The van der Waals surface area contributed by atoms with Gasteiger partial charge in [0.2, 0.25) is 5.91 Å². The van der Waals surface area contributed by atoms with Crippen molar-refractivity contribution in [3.8, 4) is 0 Å². The molecule has 176 valence electrons. The minimum atomic E-state index is -0.416. The second-order valence-corrected chi connectivity index (χ2v) is 10.0. The highest BCUT2D eigenvalue weighted by Gasteiger charge is 2.21. The zero-order valence-electron chi connectivity index (χ0n) is 18.2. The lowest BCUT2D eigenvalue weighted by atomic mass is 10.2. The lowest BCUT2D eigenvalue weighted by molar-refractivity contribution is -0.113. The molecule has 4 aromatic rings. The highest BCUT2D eigenvalue weighted by Crippen LogP contribution is 2.27. The van der Waals surface area contributed by atoms with Crippen molar-refractivity contribution in [2.45, 2.75) is 31.6 Å². The number of carbonyl (C=O) groups excluding carboxylic acids is 2. The van der Waals surface area contributed by atoms with Gasteiger partial charge in [0.15, 0.2) is 16.1 Å². The van der Waals surface area contributed by atoms with Crippen LogP contribution in [0.15, 0.2) is 47.6 Å². The number of fused-ring (bicyclic) bond motifs is 1. The molecule has 0 fully saturated rings. The van der Waals surface area contributed by atoms with Gasteiger partial charge in [-0.05, 0) is 44.2 Å². The summed E-state index contributed by atoms with van der Waals surface area (Å²) in [5.41, 5.74) is 1.24.